The normalized spacial score (nSPS) is 14.1. The Bertz CT molecular complexity index is 554. The van der Waals surface area contributed by atoms with Crippen molar-refractivity contribution < 1.29 is 19.1 Å². The van der Waals surface area contributed by atoms with E-state index in [1.807, 2.05) is 0 Å². The van der Waals surface area contributed by atoms with Crippen LogP contribution in [0, 0.1) is 0 Å². The van der Waals surface area contributed by atoms with Gasteiger partial charge in [0.2, 0.25) is 5.91 Å². The second-order valence-corrected chi connectivity index (χ2v) is 4.27. The number of nitrogens with two attached hydrogens (primary N) is 1. The standard InChI is InChI=1S/C13H16N2O4/c1-7(16)15-5-4-9(17)11-8(14)6-10(18-2)13(19-3)12(11)15/h6H,4-5,14H2,1-3H3. The van der Waals surface area contributed by atoms with Crippen LogP contribution in [0.5, 0.6) is 11.5 Å². The molecule has 1 heterocycles. The third-order valence-corrected chi connectivity index (χ3v) is 3.17. The van der Waals surface area contributed by atoms with Gasteiger partial charge in [-0.3, -0.25) is 9.59 Å². The maximum Gasteiger partial charge on any atom is 0.223 e. The van der Waals surface area contributed by atoms with Crippen LogP contribution in [0.25, 0.3) is 0 Å². The Morgan fingerprint density at radius 3 is 2.58 bits per heavy atom. The summed E-state index contributed by atoms with van der Waals surface area (Å²) in [6, 6.07) is 1.54. The number of ether oxygens (including phenoxy) is 2. The van der Waals surface area contributed by atoms with E-state index in [1.165, 1.54) is 26.0 Å². The van der Waals surface area contributed by atoms with E-state index in [1.54, 1.807) is 6.07 Å². The van der Waals surface area contributed by atoms with Crippen molar-refractivity contribution in [1.29, 1.82) is 0 Å². The van der Waals surface area contributed by atoms with Gasteiger partial charge in [-0.05, 0) is 0 Å². The molecule has 0 atom stereocenters. The number of amides is 1. The summed E-state index contributed by atoms with van der Waals surface area (Å²) in [6.07, 6.45) is 0.256. The highest BCUT2D eigenvalue weighted by atomic mass is 16.5. The summed E-state index contributed by atoms with van der Waals surface area (Å²) < 4.78 is 10.5. The van der Waals surface area contributed by atoms with E-state index in [2.05, 4.69) is 0 Å². The molecule has 1 aliphatic heterocycles. The molecule has 0 aromatic heterocycles. The van der Waals surface area contributed by atoms with E-state index >= 15 is 0 Å². The molecule has 2 rings (SSSR count). The van der Waals surface area contributed by atoms with E-state index < -0.39 is 0 Å². The number of methoxy groups -OCH3 is 2. The second-order valence-electron chi connectivity index (χ2n) is 4.27. The molecule has 1 amide bonds. The van der Waals surface area contributed by atoms with Crippen molar-refractivity contribution in [1.82, 2.24) is 0 Å². The molecule has 19 heavy (non-hydrogen) atoms. The average Bonchev–Trinajstić information content (AvgIpc) is 2.37. The monoisotopic (exact) mass is 264 g/mol. The first-order chi connectivity index (χ1) is 9.01. The third-order valence-electron chi connectivity index (χ3n) is 3.17. The molecule has 6 heteroatoms. The zero-order valence-corrected chi connectivity index (χ0v) is 11.1. The summed E-state index contributed by atoms with van der Waals surface area (Å²) in [5.41, 5.74) is 6.93. The van der Waals surface area contributed by atoms with Gasteiger partial charge >= 0.3 is 0 Å². The highest BCUT2D eigenvalue weighted by Crippen LogP contribution is 2.45. The van der Waals surface area contributed by atoms with Gasteiger partial charge in [0.15, 0.2) is 17.3 Å². The average molecular weight is 264 g/mol. The SMILES string of the molecule is COc1cc(N)c2c(c1OC)N(C(C)=O)CCC2=O. The van der Waals surface area contributed by atoms with Gasteiger partial charge in [0.05, 0.1) is 19.8 Å². The Labute approximate surface area is 111 Å². The molecule has 1 aromatic rings. The van der Waals surface area contributed by atoms with Gasteiger partial charge in [-0.25, -0.2) is 0 Å². The van der Waals surface area contributed by atoms with Crippen LogP contribution in [0.3, 0.4) is 0 Å². The van der Waals surface area contributed by atoms with Crippen molar-refractivity contribution in [3.8, 4) is 11.5 Å². The molecule has 0 radical (unpaired) electrons. The van der Waals surface area contributed by atoms with E-state index in [0.717, 1.165) is 0 Å². The minimum Gasteiger partial charge on any atom is -0.493 e. The number of rotatable bonds is 2. The van der Waals surface area contributed by atoms with Crippen molar-refractivity contribution in [3.63, 3.8) is 0 Å². The van der Waals surface area contributed by atoms with Gasteiger partial charge in [-0.1, -0.05) is 0 Å². The summed E-state index contributed by atoms with van der Waals surface area (Å²) in [5, 5.41) is 0. The minimum atomic E-state index is -0.167. The highest BCUT2D eigenvalue weighted by molar-refractivity contribution is 6.13. The summed E-state index contributed by atoms with van der Waals surface area (Å²) in [4.78, 5) is 25.2. The number of anilines is 2. The number of hydrogen-bond acceptors (Lipinski definition) is 5. The Balaban J connectivity index is 2.78. The zero-order chi connectivity index (χ0) is 14.2. The van der Waals surface area contributed by atoms with Gasteiger partial charge in [0.1, 0.15) is 5.69 Å². The molecular weight excluding hydrogens is 248 g/mol. The Morgan fingerprint density at radius 1 is 1.37 bits per heavy atom. The summed E-state index contributed by atoms with van der Waals surface area (Å²) in [7, 11) is 2.94. The summed E-state index contributed by atoms with van der Waals surface area (Å²) >= 11 is 0. The lowest BCUT2D eigenvalue weighted by molar-refractivity contribution is -0.116. The molecule has 2 N–H and O–H groups in total. The zero-order valence-electron chi connectivity index (χ0n) is 11.1. The predicted octanol–water partition coefficient (Wildman–Crippen LogP) is 1.23. The highest BCUT2D eigenvalue weighted by Gasteiger charge is 2.32. The Kier molecular flexibility index (Phi) is 3.33. The smallest absolute Gasteiger partial charge is 0.223 e. The number of benzene rings is 1. The topological polar surface area (TPSA) is 81.9 Å². The number of Topliss-reactive ketones (excluding diaryl/α,β-unsaturated/α-hetero) is 1. The molecule has 0 saturated heterocycles. The van der Waals surface area contributed by atoms with E-state index in [-0.39, 0.29) is 18.1 Å². The van der Waals surface area contributed by atoms with Crippen LogP contribution in [-0.4, -0.2) is 32.5 Å². The van der Waals surface area contributed by atoms with Gasteiger partial charge in [-0.2, -0.15) is 0 Å². The molecule has 102 valence electrons. The van der Waals surface area contributed by atoms with Crippen LogP contribution in [0.15, 0.2) is 6.07 Å². The third kappa shape index (κ3) is 1.99. The number of nitrogens with zero attached hydrogens (tertiary/aromatic N) is 1. The summed E-state index contributed by atoms with van der Waals surface area (Å²) in [6.45, 7) is 1.76. The maximum absolute atomic E-state index is 12.0. The van der Waals surface area contributed by atoms with Crippen molar-refractivity contribution in [2.45, 2.75) is 13.3 Å². The maximum atomic E-state index is 12.0. The number of carbonyl (C=O) groups is 2. The first kappa shape index (κ1) is 13.2. The van der Waals surface area contributed by atoms with Crippen LogP contribution >= 0.6 is 0 Å². The van der Waals surface area contributed by atoms with Crippen molar-refractivity contribution in [2.75, 3.05) is 31.4 Å². The molecule has 0 spiro atoms. The van der Waals surface area contributed by atoms with E-state index in [4.69, 9.17) is 15.2 Å². The molecule has 6 nitrogen and oxygen atoms in total. The largest absolute Gasteiger partial charge is 0.493 e. The van der Waals surface area contributed by atoms with Crippen LogP contribution in [0.2, 0.25) is 0 Å². The number of hydrogen-bond donors (Lipinski definition) is 1. The molecule has 1 aromatic carbocycles. The molecule has 0 unspecified atom stereocenters. The molecular formula is C13H16N2O4. The van der Waals surface area contributed by atoms with Crippen molar-refractivity contribution in [3.05, 3.63) is 11.6 Å². The van der Waals surface area contributed by atoms with Crippen LogP contribution in [0.1, 0.15) is 23.7 Å². The van der Waals surface area contributed by atoms with Gasteiger partial charge < -0.3 is 20.1 Å². The number of fused-ring (bicyclic) bond motifs is 1. The fourth-order valence-corrected chi connectivity index (χ4v) is 2.31. The van der Waals surface area contributed by atoms with Crippen LogP contribution in [0.4, 0.5) is 11.4 Å². The Hall–Kier alpha value is -2.24. The first-order valence-corrected chi connectivity index (χ1v) is 5.87. The number of carbonyl (C=O) groups excluding carboxylic acids is 2. The van der Waals surface area contributed by atoms with Gasteiger partial charge in [-0.15, -0.1) is 0 Å². The second kappa shape index (κ2) is 4.79. The lowest BCUT2D eigenvalue weighted by atomic mass is 9.97. The van der Waals surface area contributed by atoms with E-state index in [9.17, 15) is 9.59 Å². The number of ketones is 1. The van der Waals surface area contributed by atoms with Crippen LogP contribution < -0.4 is 20.1 Å². The summed E-state index contributed by atoms with van der Waals surface area (Å²) in [5.74, 6) is 0.500. The lowest BCUT2D eigenvalue weighted by Crippen LogP contribution is -2.36. The molecule has 0 bridgehead atoms. The fourth-order valence-electron chi connectivity index (χ4n) is 2.31. The predicted molar refractivity (Wildman–Crippen MR) is 70.9 cm³/mol. The first-order valence-electron chi connectivity index (χ1n) is 5.87. The lowest BCUT2D eigenvalue weighted by Gasteiger charge is -2.30. The minimum absolute atomic E-state index is 0.0917. The molecule has 0 fully saturated rings. The molecule has 1 aliphatic rings. The number of nitrogen functional groups attached to an aromatic ring is 1. The van der Waals surface area contributed by atoms with Crippen LogP contribution in [-0.2, 0) is 4.79 Å². The molecule has 0 aliphatic carbocycles. The molecule has 0 saturated carbocycles. The quantitative estimate of drug-likeness (QED) is 0.812. The fraction of sp³-hybridized carbons (Fsp3) is 0.385. The van der Waals surface area contributed by atoms with Gasteiger partial charge in [0, 0.05) is 31.6 Å². The van der Waals surface area contributed by atoms with Crippen molar-refractivity contribution in [2.24, 2.45) is 0 Å². The van der Waals surface area contributed by atoms with Gasteiger partial charge in [0.25, 0.3) is 0 Å². The van der Waals surface area contributed by atoms with E-state index in [0.29, 0.717) is 35.0 Å². The Morgan fingerprint density at radius 2 is 2.05 bits per heavy atom. The van der Waals surface area contributed by atoms with Crippen molar-refractivity contribution >= 4 is 23.1 Å².